The fourth-order valence-corrected chi connectivity index (χ4v) is 2.42. The van der Waals surface area contributed by atoms with Crippen LogP contribution in [-0.2, 0) is 4.74 Å². The number of halogens is 1. The van der Waals surface area contributed by atoms with Crippen molar-refractivity contribution in [2.24, 2.45) is 0 Å². The molecule has 0 bridgehead atoms. The molecule has 0 aliphatic carbocycles. The predicted molar refractivity (Wildman–Crippen MR) is 70.6 cm³/mol. The van der Waals surface area contributed by atoms with E-state index in [1.54, 1.807) is 7.11 Å². The lowest BCUT2D eigenvalue weighted by Crippen LogP contribution is -2.52. The Bertz CT molecular complexity index is 428. The highest BCUT2D eigenvalue weighted by atomic mass is 19.1. The normalized spacial score (nSPS) is 22.4. The Morgan fingerprint density at radius 1 is 1.47 bits per heavy atom. The third-order valence-electron chi connectivity index (χ3n) is 3.45. The molecule has 4 nitrogen and oxygen atoms in total. The molecule has 1 atom stereocenters. The fraction of sp³-hybridized carbons (Fsp3) is 0.500. The average molecular weight is 266 g/mol. The van der Waals surface area contributed by atoms with Gasteiger partial charge in [0.25, 0.3) is 5.91 Å². The van der Waals surface area contributed by atoms with Gasteiger partial charge in [-0.3, -0.25) is 4.79 Å². The van der Waals surface area contributed by atoms with Gasteiger partial charge < -0.3 is 15.4 Å². The van der Waals surface area contributed by atoms with Gasteiger partial charge in [0.2, 0.25) is 0 Å². The summed E-state index contributed by atoms with van der Waals surface area (Å²) in [7, 11) is 1.66. The van der Waals surface area contributed by atoms with Crippen molar-refractivity contribution >= 4 is 5.91 Å². The molecule has 1 heterocycles. The number of rotatable bonds is 5. The van der Waals surface area contributed by atoms with Crippen molar-refractivity contribution in [3.8, 4) is 0 Å². The fourth-order valence-electron chi connectivity index (χ4n) is 2.42. The zero-order valence-corrected chi connectivity index (χ0v) is 11.0. The molecule has 2 rings (SSSR count). The molecule has 0 saturated carbocycles. The molecule has 1 saturated heterocycles. The van der Waals surface area contributed by atoms with Crippen LogP contribution in [0.3, 0.4) is 0 Å². The van der Waals surface area contributed by atoms with Crippen LogP contribution in [0.25, 0.3) is 0 Å². The first-order valence-corrected chi connectivity index (χ1v) is 6.43. The van der Waals surface area contributed by atoms with Gasteiger partial charge in [0, 0.05) is 19.2 Å². The lowest BCUT2D eigenvalue weighted by Gasteiger charge is -2.28. The van der Waals surface area contributed by atoms with E-state index in [0.717, 1.165) is 19.4 Å². The van der Waals surface area contributed by atoms with Crippen LogP contribution >= 0.6 is 0 Å². The lowest BCUT2D eigenvalue weighted by atomic mass is 9.98. The van der Waals surface area contributed by atoms with E-state index in [4.69, 9.17) is 4.74 Å². The summed E-state index contributed by atoms with van der Waals surface area (Å²) in [6, 6.07) is 5.53. The lowest BCUT2D eigenvalue weighted by molar-refractivity contribution is 0.0892. The van der Waals surface area contributed by atoms with E-state index in [0.29, 0.717) is 18.7 Å². The van der Waals surface area contributed by atoms with Crippen molar-refractivity contribution in [1.29, 1.82) is 0 Å². The second-order valence-electron chi connectivity index (χ2n) is 4.93. The van der Waals surface area contributed by atoms with E-state index < -0.39 is 0 Å². The van der Waals surface area contributed by atoms with Crippen molar-refractivity contribution in [2.75, 3.05) is 26.8 Å². The molecule has 1 aromatic rings. The Balaban J connectivity index is 1.93. The van der Waals surface area contributed by atoms with Gasteiger partial charge in [0.1, 0.15) is 5.82 Å². The molecule has 0 spiro atoms. The molecule has 5 heteroatoms. The Hall–Kier alpha value is -1.46. The first kappa shape index (κ1) is 14.0. The maximum Gasteiger partial charge on any atom is 0.251 e. The molecule has 0 radical (unpaired) electrons. The highest BCUT2D eigenvalue weighted by Crippen LogP contribution is 2.19. The number of carbonyl (C=O) groups is 1. The number of hydrogen-bond donors (Lipinski definition) is 2. The summed E-state index contributed by atoms with van der Waals surface area (Å²) in [5.41, 5.74) is 0.289. The van der Waals surface area contributed by atoms with Crippen molar-refractivity contribution in [3.05, 3.63) is 35.6 Å². The number of amides is 1. The second kappa shape index (κ2) is 6.12. The van der Waals surface area contributed by atoms with Gasteiger partial charge in [-0.05, 0) is 43.7 Å². The van der Waals surface area contributed by atoms with E-state index in [2.05, 4.69) is 10.6 Å². The molecule has 104 valence electrons. The average Bonchev–Trinajstić information content (AvgIpc) is 2.86. The van der Waals surface area contributed by atoms with Gasteiger partial charge in [-0.2, -0.15) is 0 Å². The smallest absolute Gasteiger partial charge is 0.251 e. The number of ether oxygens (including phenoxy) is 1. The highest BCUT2D eigenvalue weighted by molar-refractivity contribution is 5.94. The monoisotopic (exact) mass is 266 g/mol. The van der Waals surface area contributed by atoms with E-state index in [-0.39, 0.29) is 17.3 Å². The number of benzene rings is 1. The molecule has 19 heavy (non-hydrogen) atoms. The van der Waals surface area contributed by atoms with Crippen molar-refractivity contribution in [1.82, 2.24) is 10.6 Å². The van der Waals surface area contributed by atoms with Gasteiger partial charge >= 0.3 is 0 Å². The van der Waals surface area contributed by atoms with Crippen LogP contribution in [0, 0.1) is 5.82 Å². The molecular weight excluding hydrogens is 247 g/mol. The summed E-state index contributed by atoms with van der Waals surface area (Å²) < 4.78 is 18.0. The van der Waals surface area contributed by atoms with Gasteiger partial charge in [0.05, 0.1) is 12.1 Å². The van der Waals surface area contributed by atoms with Crippen LogP contribution in [0.1, 0.15) is 23.2 Å². The molecule has 1 aliphatic rings. The predicted octanol–water partition coefficient (Wildman–Crippen LogP) is 1.32. The zero-order chi connectivity index (χ0) is 13.7. The zero-order valence-electron chi connectivity index (χ0n) is 11.0. The van der Waals surface area contributed by atoms with E-state index >= 15 is 0 Å². The summed E-state index contributed by atoms with van der Waals surface area (Å²) in [5.74, 6) is -0.533. The van der Waals surface area contributed by atoms with Crippen molar-refractivity contribution in [3.63, 3.8) is 0 Å². The van der Waals surface area contributed by atoms with E-state index in [9.17, 15) is 9.18 Å². The van der Waals surface area contributed by atoms with E-state index in [1.807, 2.05) is 0 Å². The van der Waals surface area contributed by atoms with Crippen LogP contribution in [0.15, 0.2) is 24.3 Å². The van der Waals surface area contributed by atoms with Crippen molar-refractivity contribution < 1.29 is 13.9 Å². The standard InChI is InChI=1S/C14H19FN2O2/c1-19-10-14(7-2-8-17-14)9-16-13(18)11-3-5-12(15)6-4-11/h3-6,17H,2,7-10H2,1H3,(H,16,18). The first-order valence-electron chi connectivity index (χ1n) is 6.43. The molecule has 1 fully saturated rings. The maximum atomic E-state index is 12.8. The number of methoxy groups -OCH3 is 1. The quantitative estimate of drug-likeness (QED) is 0.845. The minimum absolute atomic E-state index is 0.176. The minimum Gasteiger partial charge on any atom is -0.383 e. The molecule has 0 aromatic heterocycles. The maximum absolute atomic E-state index is 12.8. The third kappa shape index (κ3) is 3.52. The Morgan fingerprint density at radius 3 is 2.79 bits per heavy atom. The van der Waals surface area contributed by atoms with Crippen LogP contribution in [0.4, 0.5) is 4.39 Å². The van der Waals surface area contributed by atoms with Gasteiger partial charge in [-0.1, -0.05) is 0 Å². The summed E-state index contributed by atoms with van der Waals surface area (Å²) in [4.78, 5) is 12.0. The first-order chi connectivity index (χ1) is 9.15. The van der Waals surface area contributed by atoms with Crippen molar-refractivity contribution in [2.45, 2.75) is 18.4 Å². The minimum atomic E-state index is -0.343. The van der Waals surface area contributed by atoms with E-state index in [1.165, 1.54) is 24.3 Å². The topological polar surface area (TPSA) is 50.4 Å². The Morgan fingerprint density at radius 2 is 2.21 bits per heavy atom. The van der Waals surface area contributed by atoms with Crippen LogP contribution in [0.2, 0.25) is 0 Å². The number of nitrogens with one attached hydrogen (secondary N) is 2. The summed E-state index contributed by atoms with van der Waals surface area (Å²) in [6.07, 6.45) is 2.06. The Labute approximate surface area is 112 Å². The second-order valence-corrected chi connectivity index (χ2v) is 4.93. The largest absolute Gasteiger partial charge is 0.383 e. The van der Waals surface area contributed by atoms with Gasteiger partial charge in [-0.15, -0.1) is 0 Å². The van der Waals surface area contributed by atoms with Crippen LogP contribution in [-0.4, -0.2) is 38.3 Å². The number of hydrogen-bond acceptors (Lipinski definition) is 3. The number of carbonyl (C=O) groups excluding carboxylic acids is 1. The Kier molecular flexibility index (Phi) is 4.50. The molecular formula is C14H19FN2O2. The summed E-state index contributed by atoms with van der Waals surface area (Å²) in [5, 5.41) is 6.27. The molecule has 2 N–H and O–H groups in total. The molecule has 1 amide bonds. The summed E-state index contributed by atoms with van der Waals surface area (Å²) in [6.45, 7) is 2.02. The molecule has 1 unspecified atom stereocenters. The van der Waals surface area contributed by atoms with Gasteiger partial charge in [-0.25, -0.2) is 4.39 Å². The third-order valence-corrected chi connectivity index (χ3v) is 3.45. The molecule has 1 aliphatic heterocycles. The molecule has 1 aromatic carbocycles. The SMILES string of the molecule is COCC1(CNC(=O)c2ccc(F)cc2)CCCN1. The highest BCUT2D eigenvalue weighted by Gasteiger charge is 2.33. The summed E-state index contributed by atoms with van der Waals surface area (Å²) >= 11 is 0. The van der Waals surface area contributed by atoms with Gasteiger partial charge in [0.15, 0.2) is 0 Å². The van der Waals surface area contributed by atoms with Crippen LogP contribution in [0.5, 0.6) is 0 Å². The van der Waals surface area contributed by atoms with Crippen LogP contribution < -0.4 is 10.6 Å².